The smallest absolute Gasteiger partial charge is 0.107 e. The Bertz CT molecular complexity index is 461. The highest BCUT2D eigenvalue weighted by Gasteiger charge is 2.37. The Balaban J connectivity index is 1.81. The van der Waals surface area contributed by atoms with Crippen molar-refractivity contribution in [3.8, 4) is 0 Å². The van der Waals surface area contributed by atoms with Crippen molar-refractivity contribution in [3.05, 3.63) is 19.8 Å². The highest BCUT2D eigenvalue weighted by Crippen LogP contribution is 2.39. The van der Waals surface area contributed by atoms with E-state index in [0.717, 1.165) is 21.4 Å². The standard InChI is InChI=1S/C14H21BrClN3S/c1-9-7-18-4-2-3-10(18)8-19(9)12(6-17)13-5-11(15)14(16)20-13/h5,9-10,12H,2-4,6-8,17H2,1H3. The molecule has 2 aliphatic heterocycles. The molecule has 1 aromatic rings. The molecule has 0 bridgehead atoms. The number of piperazine rings is 1. The Labute approximate surface area is 138 Å². The monoisotopic (exact) mass is 377 g/mol. The molecule has 20 heavy (non-hydrogen) atoms. The number of nitrogens with zero attached hydrogens (tertiary/aromatic N) is 2. The van der Waals surface area contributed by atoms with Crippen LogP contribution in [0.3, 0.4) is 0 Å². The Hall–Kier alpha value is 0.350. The minimum atomic E-state index is 0.293. The molecule has 0 amide bonds. The van der Waals surface area contributed by atoms with Crippen LogP contribution >= 0.6 is 38.9 Å². The Morgan fingerprint density at radius 3 is 3.00 bits per heavy atom. The fourth-order valence-corrected chi connectivity index (χ4v) is 5.46. The van der Waals surface area contributed by atoms with E-state index in [4.69, 9.17) is 17.3 Å². The zero-order chi connectivity index (χ0) is 14.3. The van der Waals surface area contributed by atoms with Crippen LogP contribution in [0.4, 0.5) is 0 Å². The Morgan fingerprint density at radius 1 is 1.55 bits per heavy atom. The minimum Gasteiger partial charge on any atom is -0.329 e. The molecule has 0 spiro atoms. The minimum absolute atomic E-state index is 0.293. The van der Waals surface area contributed by atoms with Crippen LogP contribution in [-0.4, -0.2) is 48.1 Å². The normalized spacial score (nSPS) is 29.6. The molecule has 3 rings (SSSR count). The summed E-state index contributed by atoms with van der Waals surface area (Å²) >= 11 is 11.4. The van der Waals surface area contributed by atoms with Crippen molar-refractivity contribution in [1.82, 2.24) is 9.80 Å². The van der Waals surface area contributed by atoms with Gasteiger partial charge in [0.05, 0.1) is 6.04 Å². The van der Waals surface area contributed by atoms with Crippen molar-refractivity contribution in [2.75, 3.05) is 26.2 Å². The molecule has 1 aromatic heterocycles. The lowest BCUT2D eigenvalue weighted by Gasteiger charge is -2.45. The molecule has 3 heterocycles. The van der Waals surface area contributed by atoms with Gasteiger partial charge in [0.25, 0.3) is 0 Å². The molecule has 3 atom stereocenters. The third-order valence-electron chi connectivity index (χ3n) is 4.60. The zero-order valence-corrected chi connectivity index (χ0v) is 14.8. The summed E-state index contributed by atoms with van der Waals surface area (Å²) in [6.45, 7) is 6.55. The van der Waals surface area contributed by atoms with Crippen molar-refractivity contribution >= 4 is 38.9 Å². The van der Waals surface area contributed by atoms with Crippen LogP contribution in [0, 0.1) is 0 Å². The van der Waals surface area contributed by atoms with Crippen molar-refractivity contribution in [2.45, 2.75) is 37.9 Å². The maximum atomic E-state index is 6.20. The van der Waals surface area contributed by atoms with Gasteiger partial charge in [0.15, 0.2) is 0 Å². The fourth-order valence-electron chi connectivity index (χ4n) is 3.59. The second-order valence-corrected chi connectivity index (χ2v) is 8.40. The molecule has 2 N–H and O–H groups in total. The maximum Gasteiger partial charge on any atom is 0.107 e. The topological polar surface area (TPSA) is 32.5 Å². The van der Waals surface area contributed by atoms with Crippen molar-refractivity contribution in [3.63, 3.8) is 0 Å². The lowest BCUT2D eigenvalue weighted by atomic mass is 10.0. The molecule has 0 radical (unpaired) electrons. The van der Waals surface area contributed by atoms with Gasteiger partial charge in [-0.3, -0.25) is 9.80 Å². The summed E-state index contributed by atoms with van der Waals surface area (Å²) in [7, 11) is 0. The van der Waals surface area contributed by atoms with Gasteiger partial charge in [-0.2, -0.15) is 0 Å². The Morgan fingerprint density at radius 2 is 2.35 bits per heavy atom. The number of hydrogen-bond acceptors (Lipinski definition) is 4. The second-order valence-electron chi connectivity index (χ2n) is 5.86. The summed E-state index contributed by atoms with van der Waals surface area (Å²) in [5.41, 5.74) is 6.09. The zero-order valence-electron chi connectivity index (χ0n) is 11.7. The fraction of sp³-hybridized carbons (Fsp3) is 0.714. The third-order valence-corrected chi connectivity index (χ3v) is 7.18. The maximum absolute atomic E-state index is 6.20. The molecule has 0 aromatic carbocycles. The predicted octanol–water partition coefficient (Wildman–Crippen LogP) is 3.33. The van der Waals surface area contributed by atoms with Gasteiger partial charge in [-0.25, -0.2) is 0 Å². The van der Waals surface area contributed by atoms with Gasteiger partial charge in [0.2, 0.25) is 0 Å². The first-order chi connectivity index (χ1) is 9.60. The Kier molecular flexibility index (Phi) is 4.75. The van der Waals surface area contributed by atoms with Gasteiger partial charge in [0.1, 0.15) is 4.34 Å². The molecule has 6 heteroatoms. The summed E-state index contributed by atoms with van der Waals surface area (Å²) in [6.07, 6.45) is 2.67. The van der Waals surface area contributed by atoms with E-state index in [1.165, 1.54) is 30.8 Å². The molecule has 2 fully saturated rings. The molecule has 112 valence electrons. The largest absolute Gasteiger partial charge is 0.329 e. The van der Waals surface area contributed by atoms with E-state index in [2.05, 4.69) is 38.7 Å². The van der Waals surface area contributed by atoms with Crippen LogP contribution < -0.4 is 5.73 Å². The first kappa shape index (κ1) is 15.3. The summed E-state index contributed by atoms with van der Waals surface area (Å²) in [4.78, 5) is 6.51. The molecule has 3 unspecified atom stereocenters. The average molecular weight is 379 g/mol. The van der Waals surface area contributed by atoms with Crippen LogP contribution in [0.2, 0.25) is 4.34 Å². The van der Waals surface area contributed by atoms with E-state index < -0.39 is 0 Å². The van der Waals surface area contributed by atoms with E-state index in [1.54, 1.807) is 11.3 Å². The molecule has 3 nitrogen and oxygen atoms in total. The SMILES string of the molecule is CC1CN2CCCC2CN1C(CN)c1cc(Br)c(Cl)s1. The van der Waals surface area contributed by atoms with Gasteiger partial charge in [0, 0.05) is 41.1 Å². The molecule has 2 saturated heterocycles. The van der Waals surface area contributed by atoms with E-state index >= 15 is 0 Å². The van der Waals surface area contributed by atoms with Gasteiger partial charge < -0.3 is 5.73 Å². The van der Waals surface area contributed by atoms with Crippen LogP contribution in [0.1, 0.15) is 30.7 Å². The lowest BCUT2D eigenvalue weighted by molar-refractivity contribution is 0.0306. The van der Waals surface area contributed by atoms with Crippen LogP contribution in [0.15, 0.2) is 10.5 Å². The molecule has 0 saturated carbocycles. The van der Waals surface area contributed by atoms with Crippen molar-refractivity contribution in [1.29, 1.82) is 0 Å². The van der Waals surface area contributed by atoms with Crippen molar-refractivity contribution in [2.24, 2.45) is 5.73 Å². The van der Waals surface area contributed by atoms with Crippen LogP contribution in [-0.2, 0) is 0 Å². The average Bonchev–Trinajstić information content (AvgIpc) is 2.98. The number of fused-ring (bicyclic) bond motifs is 1. The second kappa shape index (κ2) is 6.23. The summed E-state index contributed by atoms with van der Waals surface area (Å²) < 4.78 is 1.82. The number of nitrogens with two attached hydrogens (primary N) is 1. The third kappa shape index (κ3) is 2.81. The number of hydrogen-bond donors (Lipinski definition) is 1. The molecular weight excluding hydrogens is 358 g/mol. The highest BCUT2D eigenvalue weighted by molar-refractivity contribution is 9.10. The summed E-state index contributed by atoms with van der Waals surface area (Å²) in [6, 6.07) is 3.70. The summed E-state index contributed by atoms with van der Waals surface area (Å²) in [5.74, 6) is 0. The van der Waals surface area contributed by atoms with Gasteiger partial charge >= 0.3 is 0 Å². The van der Waals surface area contributed by atoms with Crippen LogP contribution in [0.5, 0.6) is 0 Å². The number of rotatable bonds is 3. The van der Waals surface area contributed by atoms with E-state index in [0.29, 0.717) is 18.6 Å². The van der Waals surface area contributed by atoms with E-state index in [9.17, 15) is 0 Å². The molecule has 2 aliphatic rings. The summed E-state index contributed by atoms with van der Waals surface area (Å²) in [5, 5.41) is 0. The van der Waals surface area contributed by atoms with Gasteiger partial charge in [-0.1, -0.05) is 11.6 Å². The lowest BCUT2D eigenvalue weighted by Crippen LogP contribution is -2.56. The van der Waals surface area contributed by atoms with E-state index in [1.807, 2.05) is 0 Å². The van der Waals surface area contributed by atoms with Crippen LogP contribution in [0.25, 0.3) is 0 Å². The molecular formula is C14H21BrClN3S. The van der Waals surface area contributed by atoms with E-state index in [-0.39, 0.29) is 0 Å². The number of thiophene rings is 1. The quantitative estimate of drug-likeness (QED) is 0.875. The first-order valence-electron chi connectivity index (χ1n) is 7.24. The molecule has 0 aliphatic carbocycles. The predicted molar refractivity (Wildman–Crippen MR) is 89.6 cm³/mol. The van der Waals surface area contributed by atoms with Gasteiger partial charge in [-0.15, -0.1) is 11.3 Å². The van der Waals surface area contributed by atoms with Gasteiger partial charge in [-0.05, 0) is 48.3 Å². The van der Waals surface area contributed by atoms with Crippen molar-refractivity contribution < 1.29 is 0 Å². The highest BCUT2D eigenvalue weighted by atomic mass is 79.9. The number of halogens is 2. The first-order valence-corrected chi connectivity index (χ1v) is 9.23.